The van der Waals surface area contributed by atoms with Gasteiger partial charge in [-0.05, 0) is 82.9 Å². The first-order valence-corrected chi connectivity index (χ1v) is 25.5. The number of benzene rings is 6. The van der Waals surface area contributed by atoms with Crippen molar-refractivity contribution in [2.24, 2.45) is 0 Å². The number of hydrogen-bond donors (Lipinski definition) is 7. The van der Waals surface area contributed by atoms with Crippen LogP contribution >= 0.6 is 0 Å². The van der Waals surface area contributed by atoms with Crippen molar-refractivity contribution in [1.29, 1.82) is 0 Å². The van der Waals surface area contributed by atoms with Crippen molar-refractivity contribution >= 4 is 40.5 Å². The van der Waals surface area contributed by atoms with E-state index >= 15 is 0 Å². The molecule has 2 aliphatic heterocycles. The Morgan fingerprint density at radius 2 is 0.962 bits per heavy atom. The number of carboxylic acid groups (broad SMARTS) is 1. The van der Waals surface area contributed by atoms with Gasteiger partial charge in [0.05, 0.1) is 67.6 Å². The van der Waals surface area contributed by atoms with Crippen molar-refractivity contribution in [3.05, 3.63) is 214 Å². The third kappa shape index (κ3) is 14.5. The van der Waals surface area contributed by atoms with E-state index in [9.17, 15) is 45.8 Å². The zero-order valence-corrected chi connectivity index (χ0v) is 42.9. The number of nitrogen functional groups attached to an aromatic ring is 2. The van der Waals surface area contributed by atoms with Gasteiger partial charge < -0.3 is 52.1 Å². The van der Waals surface area contributed by atoms with Crippen LogP contribution in [-0.4, -0.2) is 90.0 Å². The predicted octanol–water partition coefficient (Wildman–Crippen LogP) is 9.98. The Morgan fingerprint density at radius 3 is 1.32 bits per heavy atom. The first-order valence-electron chi connectivity index (χ1n) is 25.5. The quantitative estimate of drug-likeness (QED) is 0.0175. The number of aliphatic carboxylic acids is 1. The predicted molar refractivity (Wildman–Crippen MR) is 289 cm³/mol. The van der Waals surface area contributed by atoms with Crippen molar-refractivity contribution in [2.75, 3.05) is 75.0 Å². The standard InChI is InChI=1S/C59H61F6N9O4/c1-74(38-51(75)76,30-10-28-72-36-49(70-47-18-8-16-43(32-47)58(60,61)62)52(56(72)77)54(41-20-24-45(66)25-21-41)68-34-39-12-4-2-5-13-39)31-11-29-73-37-50(71-48-19-9-17-44(33-48)59(63,64)65)53(57(73)78)55(42-22-26-46(67)27-23-42)69-35-40-14-6-3-7-15-40/h2-9,12-27,32-33,54-55,68-69H,10-11,28-31,34-38,66-67H2,1H3,(H2-,70,71,75,76,77,78)/p+1/t54-,55-/m1/s1. The number of nitrogens with two attached hydrogens (primary N) is 2. The van der Waals surface area contributed by atoms with Crippen LogP contribution in [0, 0.1) is 0 Å². The van der Waals surface area contributed by atoms with Gasteiger partial charge >= 0.3 is 18.3 Å². The molecule has 2 atom stereocenters. The molecule has 2 aliphatic rings. The molecule has 0 saturated heterocycles. The Morgan fingerprint density at radius 1 is 0.577 bits per heavy atom. The SMILES string of the molecule is C[N+](CCCN1CC(Nc2cccc(C(F)(F)F)c2)=C([C@H](NCc2ccccc2)c2ccc(N)cc2)C1=O)(CCCN1CC(Nc2cccc(C(F)(F)F)c2)=C([C@H](NCc2ccccc2)c2ccc(N)cc2)C1=O)CC(=O)O. The van der Waals surface area contributed by atoms with Gasteiger partial charge in [0, 0.05) is 73.2 Å². The molecule has 0 unspecified atom stereocenters. The molecular formula is C59H62F6N9O4+. The molecule has 2 amide bonds. The molecule has 0 spiro atoms. The molecule has 0 aliphatic carbocycles. The maximum atomic E-state index is 14.8. The number of amides is 2. The lowest BCUT2D eigenvalue weighted by Crippen LogP contribution is -2.50. The topological polar surface area (TPSA) is 178 Å². The summed E-state index contributed by atoms with van der Waals surface area (Å²) in [6.45, 7) is 1.36. The molecule has 0 aromatic heterocycles. The third-order valence-electron chi connectivity index (χ3n) is 13.9. The van der Waals surface area contributed by atoms with E-state index in [2.05, 4.69) is 21.3 Å². The molecule has 6 aromatic carbocycles. The van der Waals surface area contributed by atoms with Crippen LogP contribution in [0.1, 0.15) is 58.3 Å². The number of carbonyl (C=O) groups excluding carboxylic acids is 2. The summed E-state index contributed by atoms with van der Waals surface area (Å²) >= 11 is 0. The molecule has 0 bridgehead atoms. The third-order valence-corrected chi connectivity index (χ3v) is 13.9. The molecule has 6 aromatic rings. The van der Waals surface area contributed by atoms with Crippen LogP contribution in [0.4, 0.5) is 49.1 Å². The van der Waals surface area contributed by atoms with Gasteiger partial charge in [-0.1, -0.05) is 97.1 Å². The molecule has 2 heterocycles. The first kappa shape index (κ1) is 56.1. The van der Waals surface area contributed by atoms with Crippen molar-refractivity contribution in [3.8, 4) is 0 Å². The highest BCUT2D eigenvalue weighted by Gasteiger charge is 2.40. The van der Waals surface area contributed by atoms with E-state index in [4.69, 9.17) is 11.5 Å². The van der Waals surface area contributed by atoms with Gasteiger partial charge in [0.1, 0.15) is 0 Å². The zero-order chi connectivity index (χ0) is 55.6. The van der Waals surface area contributed by atoms with Crippen LogP contribution in [0.25, 0.3) is 0 Å². The number of rotatable bonds is 24. The highest BCUT2D eigenvalue weighted by molar-refractivity contribution is 6.00. The number of likely N-dealkylation sites (N-methyl/N-ethyl adjacent to an activating group) is 1. The summed E-state index contributed by atoms with van der Waals surface area (Å²) < 4.78 is 83.5. The van der Waals surface area contributed by atoms with Crippen LogP contribution in [0.3, 0.4) is 0 Å². The number of nitrogens with one attached hydrogen (secondary N) is 4. The number of carboxylic acids is 1. The normalized spacial score (nSPS) is 15.1. The van der Waals surface area contributed by atoms with E-state index < -0.39 is 41.5 Å². The average molecular weight is 1080 g/mol. The van der Waals surface area contributed by atoms with Gasteiger partial charge in [0.2, 0.25) is 0 Å². The van der Waals surface area contributed by atoms with Gasteiger partial charge in [-0.15, -0.1) is 0 Å². The maximum absolute atomic E-state index is 14.8. The molecule has 9 N–H and O–H groups in total. The van der Waals surface area contributed by atoms with Crippen molar-refractivity contribution in [1.82, 2.24) is 20.4 Å². The lowest BCUT2D eigenvalue weighted by atomic mass is 9.96. The van der Waals surface area contributed by atoms with E-state index in [0.29, 0.717) is 71.0 Å². The molecule has 408 valence electrons. The summed E-state index contributed by atoms with van der Waals surface area (Å²) in [5.41, 5.74) is 16.3. The van der Waals surface area contributed by atoms with Crippen LogP contribution in [0.2, 0.25) is 0 Å². The fourth-order valence-electron chi connectivity index (χ4n) is 10.0. The number of hydrogen-bond acceptors (Lipinski definition) is 9. The van der Waals surface area contributed by atoms with Crippen LogP contribution < -0.4 is 32.7 Å². The Hall–Kier alpha value is -8.13. The fourth-order valence-corrected chi connectivity index (χ4v) is 10.0. The number of alkyl halides is 6. The highest BCUT2D eigenvalue weighted by atomic mass is 19.4. The van der Waals surface area contributed by atoms with E-state index in [1.54, 1.807) is 65.4 Å². The van der Waals surface area contributed by atoms with Gasteiger partial charge in [-0.3, -0.25) is 9.59 Å². The Kier molecular flexibility index (Phi) is 17.6. The van der Waals surface area contributed by atoms with E-state index in [-0.39, 0.29) is 73.5 Å². The van der Waals surface area contributed by atoms with Crippen molar-refractivity contribution in [2.45, 2.75) is 50.4 Å². The summed E-state index contributed by atoms with van der Waals surface area (Å²) in [6, 6.07) is 41.1. The second-order valence-corrected chi connectivity index (χ2v) is 19.9. The largest absolute Gasteiger partial charge is 0.477 e. The molecule has 19 heteroatoms. The summed E-state index contributed by atoms with van der Waals surface area (Å²) in [7, 11) is 1.79. The Balaban J connectivity index is 1.00. The monoisotopic (exact) mass is 1070 g/mol. The molecule has 0 radical (unpaired) electrons. The Labute approximate surface area is 448 Å². The minimum atomic E-state index is -4.61. The summed E-state index contributed by atoms with van der Waals surface area (Å²) in [4.78, 5) is 45.3. The molecular weight excluding hydrogens is 1010 g/mol. The average Bonchev–Trinajstić information content (AvgIpc) is 3.92. The van der Waals surface area contributed by atoms with Crippen LogP contribution in [0.5, 0.6) is 0 Å². The van der Waals surface area contributed by atoms with Gasteiger partial charge in [-0.25, -0.2) is 4.79 Å². The van der Waals surface area contributed by atoms with Crippen LogP contribution in [-0.2, 0) is 39.8 Å². The minimum absolute atomic E-state index is 0.0179. The number of quaternary nitrogens is 1. The van der Waals surface area contributed by atoms with Gasteiger partial charge in [0.25, 0.3) is 11.8 Å². The Bertz CT molecular complexity index is 2920. The maximum Gasteiger partial charge on any atom is 0.416 e. The lowest BCUT2D eigenvalue weighted by Gasteiger charge is -2.34. The van der Waals surface area contributed by atoms with E-state index in [1.807, 2.05) is 60.7 Å². The molecule has 78 heavy (non-hydrogen) atoms. The smallest absolute Gasteiger partial charge is 0.416 e. The molecule has 0 saturated carbocycles. The van der Waals surface area contributed by atoms with E-state index in [1.165, 1.54) is 24.3 Å². The highest BCUT2D eigenvalue weighted by Crippen LogP contribution is 2.37. The van der Waals surface area contributed by atoms with Crippen molar-refractivity contribution in [3.63, 3.8) is 0 Å². The van der Waals surface area contributed by atoms with Gasteiger partial charge in [0.15, 0.2) is 6.54 Å². The fraction of sp³-hybridized carbons (Fsp3) is 0.271. The molecule has 0 fully saturated rings. The summed E-state index contributed by atoms with van der Waals surface area (Å²) in [6.07, 6.45) is -8.56. The number of anilines is 4. The number of carbonyl (C=O) groups is 3. The van der Waals surface area contributed by atoms with Crippen molar-refractivity contribution < 1.29 is 50.3 Å². The minimum Gasteiger partial charge on any atom is -0.477 e. The zero-order valence-electron chi connectivity index (χ0n) is 42.9. The molecule has 13 nitrogen and oxygen atoms in total. The number of halogens is 6. The van der Waals surface area contributed by atoms with Gasteiger partial charge in [-0.2, -0.15) is 26.3 Å². The first-order chi connectivity index (χ1) is 37.2. The summed E-state index contributed by atoms with van der Waals surface area (Å²) in [5.74, 6) is -1.79. The second kappa shape index (κ2) is 24.5. The van der Waals surface area contributed by atoms with E-state index in [0.717, 1.165) is 35.4 Å². The second-order valence-electron chi connectivity index (χ2n) is 19.9. The lowest BCUT2D eigenvalue weighted by molar-refractivity contribution is -0.902. The summed E-state index contributed by atoms with van der Waals surface area (Å²) in [5, 5.41) is 23.5. The van der Waals surface area contributed by atoms with Crippen LogP contribution in [0.15, 0.2) is 180 Å². The molecule has 8 rings (SSSR count). The number of nitrogens with zero attached hydrogens (tertiary/aromatic N) is 3.